The average Bonchev–Trinajstić information content (AvgIpc) is 2.39. The number of amides is 1. The molecule has 2 N–H and O–H groups in total. The Morgan fingerprint density at radius 1 is 1.24 bits per heavy atom. The van der Waals surface area contributed by atoms with Crippen LogP contribution in [0.25, 0.3) is 0 Å². The minimum atomic E-state index is -1.03. The normalized spacial score (nSPS) is 11.9. The van der Waals surface area contributed by atoms with Gasteiger partial charge < -0.3 is 19.9 Å². The van der Waals surface area contributed by atoms with Crippen LogP contribution < -0.4 is 15.2 Å². The molecule has 0 unspecified atom stereocenters. The first-order valence-corrected chi connectivity index (χ1v) is 6.68. The fraction of sp³-hybridized carbons (Fsp3) is 0.429. The summed E-state index contributed by atoms with van der Waals surface area (Å²) >= 11 is 6.10. The van der Waals surface area contributed by atoms with Gasteiger partial charge in [-0.2, -0.15) is 0 Å². The smallest absolute Gasteiger partial charge is 0.339 e. The molecule has 0 aliphatic carbocycles. The lowest BCUT2D eigenvalue weighted by molar-refractivity contribution is -0.125. The fourth-order valence-corrected chi connectivity index (χ4v) is 1.73. The van der Waals surface area contributed by atoms with E-state index in [2.05, 4.69) is 0 Å². The van der Waals surface area contributed by atoms with Crippen LogP contribution in [0.15, 0.2) is 12.1 Å². The van der Waals surface area contributed by atoms with Crippen molar-refractivity contribution in [1.82, 2.24) is 0 Å². The van der Waals surface area contributed by atoms with Gasteiger partial charge in [-0.3, -0.25) is 4.79 Å². The quantitative estimate of drug-likeness (QED) is 0.813. The van der Waals surface area contributed by atoms with Gasteiger partial charge in [0.2, 0.25) is 0 Å². The van der Waals surface area contributed by atoms with Crippen molar-refractivity contribution in [1.29, 1.82) is 0 Å². The molecule has 0 fully saturated rings. The summed E-state index contributed by atoms with van der Waals surface area (Å²) in [6.07, 6.45) is -1.14. The molecule has 0 aromatic heterocycles. The topological polar surface area (TPSA) is 87.9 Å². The highest BCUT2D eigenvalue weighted by atomic mass is 35.5. The van der Waals surface area contributed by atoms with Crippen molar-refractivity contribution >= 4 is 23.5 Å². The van der Waals surface area contributed by atoms with Crippen molar-refractivity contribution in [3.8, 4) is 11.5 Å². The predicted octanol–water partition coefficient (Wildman–Crippen LogP) is 2.17. The third-order valence-electron chi connectivity index (χ3n) is 2.50. The van der Waals surface area contributed by atoms with Gasteiger partial charge in [-0.05, 0) is 32.9 Å². The van der Waals surface area contributed by atoms with Gasteiger partial charge in [-0.1, -0.05) is 11.6 Å². The maximum absolute atomic E-state index is 11.9. The Kier molecular flexibility index (Phi) is 5.84. The maximum Gasteiger partial charge on any atom is 0.339 e. The van der Waals surface area contributed by atoms with Crippen molar-refractivity contribution < 1.29 is 23.8 Å². The van der Waals surface area contributed by atoms with Crippen molar-refractivity contribution in [2.45, 2.75) is 33.0 Å². The molecular formula is C14H18ClNO5. The Hall–Kier alpha value is -1.95. The first kappa shape index (κ1) is 17.1. The number of hydrogen-bond donors (Lipinski definition) is 1. The lowest BCUT2D eigenvalue weighted by Gasteiger charge is -2.16. The minimum absolute atomic E-state index is 0.107. The van der Waals surface area contributed by atoms with Crippen LogP contribution in [-0.2, 0) is 9.53 Å². The summed E-state index contributed by atoms with van der Waals surface area (Å²) in [5.74, 6) is -0.817. The van der Waals surface area contributed by atoms with E-state index < -0.39 is 18.0 Å². The van der Waals surface area contributed by atoms with E-state index in [1.807, 2.05) is 13.8 Å². The van der Waals surface area contributed by atoms with Crippen LogP contribution in [0.2, 0.25) is 5.02 Å². The second kappa shape index (κ2) is 7.17. The number of esters is 1. The first-order valence-electron chi connectivity index (χ1n) is 6.30. The Labute approximate surface area is 128 Å². The zero-order valence-electron chi connectivity index (χ0n) is 12.3. The molecule has 0 saturated heterocycles. The highest BCUT2D eigenvalue weighted by Crippen LogP contribution is 2.37. The van der Waals surface area contributed by atoms with Crippen LogP contribution in [-0.4, -0.2) is 31.2 Å². The summed E-state index contributed by atoms with van der Waals surface area (Å²) in [5.41, 5.74) is 5.18. The van der Waals surface area contributed by atoms with Crippen molar-refractivity contribution in [2.75, 3.05) is 7.11 Å². The van der Waals surface area contributed by atoms with Gasteiger partial charge in [0.05, 0.1) is 23.8 Å². The molecule has 116 valence electrons. The van der Waals surface area contributed by atoms with Gasteiger partial charge in [-0.15, -0.1) is 0 Å². The van der Waals surface area contributed by atoms with Crippen molar-refractivity contribution in [3.05, 3.63) is 22.7 Å². The predicted molar refractivity (Wildman–Crippen MR) is 77.8 cm³/mol. The largest absolute Gasteiger partial charge is 0.493 e. The standard InChI is InChI=1S/C14H18ClNO5/c1-7(2)20-12-10(15)5-9(6-11(12)19-4)14(18)21-8(3)13(16)17/h5-8H,1-4H3,(H2,16,17)/t8-/m0/s1. The number of primary amides is 1. The summed E-state index contributed by atoms with van der Waals surface area (Å²) in [6, 6.07) is 2.82. The fourth-order valence-electron chi connectivity index (χ4n) is 1.47. The zero-order chi connectivity index (χ0) is 16.2. The van der Waals surface area contributed by atoms with Crippen LogP contribution in [0.1, 0.15) is 31.1 Å². The van der Waals surface area contributed by atoms with Gasteiger partial charge >= 0.3 is 5.97 Å². The molecule has 0 aliphatic rings. The monoisotopic (exact) mass is 315 g/mol. The molecule has 21 heavy (non-hydrogen) atoms. The number of benzene rings is 1. The number of rotatable bonds is 6. The molecule has 0 bridgehead atoms. The average molecular weight is 316 g/mol. The van der Waals surface area contributed by atoms with E-state index in [1.165, 1.54) is 26.2 Å². The number of carbonyl (C=O) groups excluding carboxylic acids is 2. The number of hydrogen-bond acceptors (Lipinski definition) is 5. The van der Waals surface area contributed by atoms with Gasteiger partial charge in [0.15, 0.2) is 17.6 Å². The van der Waals surface area contributed by atoms with Crippen molar-refractivity contribution in [3.63, 3.8) is 0 Å². The van der Waals surface area contributed by atoms with E-state index >= 15 is 0 Å². The highest BCUT2D eigenvalue weighted by Gasteiger charge is 2.20. The number of halogens is 1. The second-order valence-corrected chi connectivity index (χ2v) is 5.01. The summed E-state index contributed by atoms with van der Waals surface area (Å²) in [6.45, 7) is 5.06. The van der Waals surface area contributed by atoms with Gasteiger partial charge in [0.1, 0.15) is 0 Å². The first-order chi connectivity index (χ1) is 9.76. The molecule has 1 rings (SSSR count). The SMILES string of the molecule is COc1cc(C(=O)O[C@@H](C)C(N)=O)cc(Cl)c1OC(C)C. The third kappa shape index (κ3) is 4.53. The van der Waals surface area contributed by atoms with Gasteiger partial charge in [0, 0.05) is 0 Å². The lowest BCUT2D eigenvalue weighted by atomic mass is 10.2. The molecule has 1 atom stereocenters. The van der Waals surface area contributed by atoms with E-state index in [9.17, 15) is 9.59 Å². The molecule has 6 nitrogen and oxygen atoms in total. The van der Waals surface area contributed by atoms with Crippen molar-refractivity contribution in [2.24, 2.45) is 5.73 Å². The lowest BCUT2D eigenvalue weighted by Crippen LogP contribution is -2.30. The molecule has 1 aromatic rings. The van der Waals surface area contributed by atoms with E-state index in [4.69, 9.17) is 31.5 Å². The van der Waals surface area contributed by atoms with Crippen LogP contribution in [0.5, 0.6) is 11.5 Å². The molecular weight excluding hydrogens is 298 g/mol. The van der Waals surface area contributed by atoms with E-state index in [-0.39, 0.29) is 16.7 Å². The Bertz CT molecular complexity index is 544. The molecule has 0 saturated carbocycles. The third-order valence-corrected chi connectivity index (χ3v) is 2.78. The molecule has 0 spiro atoms. The summed E-state index contributed by atoms with van der Waals surface area (Å²) in [7, 11) is 1.43. The maximum atomic E-state index is 11.9. The summed E-state index contributed by atoms with van der Waals surface area (Å²) in [4.78, 5) is 22.8. The Balaban J connectivity index is 3.08. The Morgan fingerprint density at radius 3 is 2.33 bits per heavy atom. The van der Waals surface area contributed by atoms with Crippen LogP contribution in [0.4, 0.5) is 0 Å². The molecule has 0 aliphatic heterocycles. The molecule has 0 radical (unpaired) electrons. The second-order valence-electron chi connectivity index (χ2n) is 4.61. The van der Waals surface area contributed by atoms with E-state index in [1.54, 1.807) is 0 Å². The molecule has 1 amide bonds. The van der Waals surface area contributed by atoms with E-state index in [0.717, 1.165) is 0 Å². The Morgan fingerprint density at radius 2 is 1.86 bits per heavy atom. The van der Waals surface area contributed by atoms with Gasteiger partial charge in [0.25, 0.3) is 5.91 Å². The minimum Gasteiger partial charge on any atom is -0.493 e. The number of nitrogens with two attached hydrogens (primary N) is 1. The number of ether oxygens (including phenoxy) is 3. The number of methoxy groups -OCH3 is 1. The highest BCUT2D eigenvalue weighted by molar-refractivity contribution is 6.32. The molecule has 1 aromatic carbocycles. The summed E-state index contributed by atoms with van der Waals surface area (Å²) in [5, 5.41) is 0.210. The van der Waals surface area contributed by atoms with Crippen LogP contribution >= 0.6 is 11.6 Å². The van der Waals surface area contributed by atoms with Gasteiger partial charge in [-0.25, -0.2) is 4.79 Å². The number of carbonyl (C=O) groups is 2. The van der Waals surface area contributed by atoms with Crippen LogP contribution in [0.3, 0.4) is 0 Å². The summed E-state index contributed by atoms with van der Waals surface area (Å²) < 4.78 is 15.6. The zero-order valence-corrected chi connectivity index (χ0v) is 13.1. The molecule has 7 heteroatoms. The van der Waals surface area contributed by atoms with E-state index in [0.29, 0.717) is 11.5 Å². The molecule has 0 heterocycles. The van der Waals surface area contributed by atoms with Crippen LogP contribution in [0, 0.1) is 0 Å².